The van der Waals surface area contributed by atoms with E-state index < -0.39 is 10.0 Å². The van der Waals surface area contributed by atoms with Gasteiger partial charge in [0.2, 0.25) is 0 Å². The van der Waals surface area contributed by atoms with E-state index in [1.54, 1.807) is 36.5 Å². The number of Topliss-reactive ketones (excluding diaryl/α,β-unsaturated/α-hetero) is 1. The Morgan fingerprint density at radius 1 is 1.14 bits per heavy atom. The second-order valence-electron chi connectivity index (χ2n) is 5.39. The van der Waals surface area contributed by atoms with E-state index in [1.807, 2.05) is 6.08 Å². The van der Waals surface area contributed by atoms with E-state index in [1.165, 1.54) is 4.31 Å². The van der Waals surface area contributed by atoms with Gasteiger partial charge in [0.25, 0.3) is 10.0 Å². The topological polar surface area (TPSA) is 54.5 Å². The second-order valence-corrected chi connectivity index (χ2v) is 7.28. The van der Waals surface area contributed by atoms with Gasteiger partial charge in [0, 0.05) is 31.5 Å². The summed E-state index contributed by atoms with van der Waals surface area (Å²) in [6.45, 7) is 0.339. The van der Waals surface area contributed by atoms with Crippen molar-refractivity contribution in [1.82, 2.24) is 4.31 Å². The Labute approximate surface area is 124 Å². The van der Waals surface area contributed by atoms with Crippen LogP contribution in [0.15, 0.2) is 59.2 Å². The molecule has 5 heteroatoms. The summed E-state index contributed by atoms with van der Waals surface area (Å²) in [5, 5.41) is 0. The van der Waals surface area contributed by atoms with Crippen LogP contribution in [-0.4, -0.2) is 25.1 Å². The maximum atomic E-state index is 12.6. The van der Waals surface area contributed by atoms with Crippen LogP contribution in [0.4, 0.5) is 0 Å². The van der Waals surface area contributed by atoms with Gasteiger partial charge in [-0.1, -0.05) is 24.3 Å². The molecule has 1 unspecified atom stereocenters. The highest BCUT2D eigenvalue weighted by atomic mass is 32.2. The second kappa shape index (κ2) is 5.48. The lowest BCUT2D eigenvalue weighted by atomic mass is 9.93. The van der Waals surface area contributed by atoms with Crippen molar-refractivity contribution >= 4 is 15.8 Å². The third-order valence-corrected chi connectivity index (χ3v) is 5.69. The number of hydrogen-bond acceptors (Lipinski definition) is 3. The van der Waals surface area contributed by atoms with Crippen LogP contribution in [0.2, 0.25) is 0 Å². The SMILES string of the molecule is O=C1CCC=C2C=CN(S(=O)(=O)c3ccccc3)CC2C1. The minimum atomic E-state index is -3.53. The summed E-state index contributed by atoms with van der Waals surface area (Å²) in [6.07, 6.45) is 7.23. The van der Waals surface area contributed by atoms with Crippen LogP contribution in [0.25, 0.3) is 0 Å². The lowest BCUT2D eigenvalue weighted by Crippen LogP contribution is -2.34. The molecule has 0 amide bonds. The number of hydrogen-bond donors (Lipinski definition) is 0. The zero-order valence-electron chi connectivity index (χ0n) is 11.6. The van der Waals surface area contributed by atoms with Crippen molar-refractivity contribution in [2.45, 2.75) is 24.2 Å². The molecule has 0 radical (unpaired) electrons. The fourth-order valence-corrected chi connectivity index (χ4v) is 4.16. The zero-order valence-corrected chi connectivity index (χ0v) is 12.4. The van der Waals surface area contributed by atoms with E-state index in [-0.39, 0.29) is 16.6 Å². The molecule has 0 N–H and O–H groups in total. The van der Waals surface area contributed by atoms with Crippen LogP contribution in [0.5, 0.6) is 0 Å². The average Bonchev–Trinajstić information content (AvgIpc) is 2.68. The molecule has 0 fully saturated rings. The number of nitrogens with zero attached hydrogens (tertiary/aromatic N) is 1. The molecule has 21 heavy (non-hydrogen) atoms. The first-order valence-electron chi connectivity index (χ1n) is 7.04. The van der Waals surface area contributed by atoms with Crippen molar-refractivity contribution < 1.29 is 13.2 Å². The average molecular weight is 303 g/mol. The van der Waals surface area contributed by atoms with Crippen molar-refractivity contribution in [3.63, 3.8) is 0 Å². The van der Waals surface area contributed by atoms with E-state index in [0.29, 0.717) is 19.4 Å². The third-order valence-electron chi connectivity index (χ3n) is 3.93. The zero-order chi connectivity index (χ0) is 14.9. The lowest BCUT2D eigenvalue weighted by molar-refractivity contribution is -0.119. The number of benzene rings is 1. The highest BCUT2D eigenvalue weighted by Crippen LogP contribution is 2.30. The van der Waals surface area contributed by atoms with E-state index >= 15 is 0 Å². The lowest BCUT2D eigenvalue weighted by Gasteiger charge is -2.30. The minimum Gasteiger partial charge on any atom is -0.300 e. The maximum absolute atomic E-state index is 12.6. The van der Waals surface area contributed by atoms with Gasteiger partial charge in [-0.05, 0) is 30.2 Å². The van der Waals surface area contributed by atoms with Crippen LogP contribution < -0.4 is 0 Å². The van der Waals surface area contributed by atoms with Crippen LogP contribution in [0.3, 0.4) is 0 Å². The van der Waals surface area contributed by atoms with Gasteiger partial charge >= 0.3 is 0 Å². The highest BCUT2D eigenvalue weighted by Gasteiger charge is 2.30. The standard InChI is InChI=1S/C16H17NO3S/c18-15-6-4-5-13-9-10-17(12-14(13)11-15)21(19,20)16-7-2-1-3-8-16/h1-3,5,7-10,14H,4,6,11-12H2. The minimum absolute atomic E-state index is 0.0245. The van der Waals surface area contributed by atoms with Crippen LogP contribution in [-0.2, 0) is 14.8 Å². The number of ketones is 1. The first-order valence-corrected chi connectivity index (χ1v) is 8.48. The van der Waals surface area contributed by atoms with Gasteiger partial charge in [0.1, 0.15) is 5.78 Å². The Hall–Kier alpha value is -1.88. The molecule has 1 aromatic carbocycles. The van der Waals surface area contributed by atoms with Gasteiger partial charge in [-0.2, -0.15) is 0 Å². The summed E-state index contributed by atoms with van der Waals surface area (Å²) in [5.41, 5.74) is 1.08. The van der Waals surface area contributed by atoms with Crippen LogP contribution in [0.1, 0.15) is 19.3 Å². The molecule has 1 aliphatic heterocycles. The van der Waals surface area contributed by atoms with Gasteiger partial charge in [-0.3, -0.25) is 9.10 Å². The summed E-state index contributed by atoms with van der Waals surface area (Å²) >= 11 is 0. The smallest absolute Gasteiger partial charge is 0.263 e. The Morgan fingerprint density at radius 2 is 1.90 bits per heavy atom. The first kappa shape index (κ1) is 14.1. The van der Waals surface area contributed by atoms with E-state index in [9.17, 15) is 13.2 Å². The Morgan fingerprint density at radius 3 is 2.67 bits per heavy atom. The number of carbonyl (C=O) groups excluding carboxylic acids is 1. The molecule has 1 aliphatic carbocycles. The highest BCUT2D eigenvalue weighted by molar-refractivity contribution is 7.89. The number of carbonyl (C=O) groups is 1. The van der Waals surface area contributed by atoms with Crippen molar-refractivity contribution in [3.05, 3.63) is 54.3 Å². The molecule has 4 nitrogen and oxygen atoms in total. The summed E-state index contributed by atoms with van der Waals surface area (Å²) in [5.74, 6) is 0.182. The molecule has 1 aromatic rings. The number of allylic oxidation sites excluding steroid dienone is 2. The van der Waals surface area contributed by atoms with Crippen LogP contribution in [0, 0.1) is 5.92 Å². The molecule has 1 heterocycles. The molecular formula is C16H17NO3S. The van der Waals surface area contributed by atoms with E-state index in [4.69, 9.17) is 0 Å². The van der Waals surface area contributed by atoms with Gasteiger partial charge in [0.15, 0.2) is 0 Å². The molecule has 1 atom stereocenters. The van der Waals surface area contributed by atoms with Crippen LogP contribution >= 0.6 is 0 Å². The molecule has 110 valence electrons. The predicted octanol–water partition coefficient (Wildman–Crippen LogP) is 2.50. The van der Waals surface area contributed by atoms with Crippen molar-refractivity contribution in [3.8, 4) is 0 Å². The van der Waals surface area contributed by atoms with Crippen molar-refractivity contribution in [1.29, 1.82) is 0 Å². The number of rotatable bonds is 2. The molecule has 0 saturated carbocycles. The summed E-state index contributed by atoms with van der Waals surface area (Å²) in [7, 11) is -3.53. The third kappa shape index (κ3) is 2.78. The number of sulfonamides is 1. The largest absolute Gasteiger partial charge is 0.300 e. The molecule has 0 aromatic heterocycles. The number of fused-ring (bicyclic) bond motifs is 1. The fourth-order valence-electron chi connectivity index (χ4n) is 2.79. The molecule has 3 rings (SSSR count). The molecule has 0 bridgehead atoms. The summed E-state index contributed by atoms with van der Waals surface area (Å²) in [6, 6.07) is 8.39. The molecular weight excluding hydrogens is 286 g/mol. The Bertz CT molecular complexity index is 704. The van der Waals surface area contributed by atoms with Gasteiger partial charge < -0.3 is 0 Å². The van der Waals surface area contributed by atoms with Crippen molar-refractivity contribution in [2.75, 3.05) is 6.54 Å². The fraction of sp³-hybridized carbons (Fsp3) is 0.312. The monoisotopic (exact) mass is 303 g/mol. The Balaban J connectivity index is 1.90. The van der Waals surface area contributed by atoms with E-state index in [0.717, 1.165) is 12.0 Å². The molecule has 0 spiro atoms. The normalized spacial score (nSPS) is 22.5. The van der Waals surface area contributed by atoms with E-state index in [2.05, 4.69) is 6.08 Å². The van der Waals surface area contributed by atoms with Gasteiger partial charge in [-0.15, -0.1) is 0 Å². The van der Waals surface area contributed by atoms with Gasteiger partial charge in [-0.25, -0.2) is 8.42 Å². The quantitative estimate of drug-likeness (QED) is 0.843. The summed E-state index contributed by atoms with van der Waals surface area (Å²) in [4.78, 5) is 12.0. The van der Waals surface area contributed by atoms with Crippen molar-refractivity contribution in [2.24, 2.45) is 5.92 Å². The predicted molar refractivity (Wildman–Crippen MR) is 79.9 cm³/mol. The Kier molecular flexibility index (Phi) is 3.68. The maximum Gasteiger partial charge on any atom is 0.263 e. The molecule has 2 aliphatic rings. The first-order chi connectivity index (χ1) is 10.1. The van der Waals surface area contributed by atoms with Gasteiger partial charge in [0.05, 0.1) is 4.90 Å². The summed E-state index contributed by atoms with van der Waals surface area (Å²) < 4.78 is 26.5. The molecule has 0 saturated heterocycles.